The summed E-state index contributed by atoms with van der Waals surface area (Å²) in [6, 6.07) is 13.0. The van der Waals surface area contributed by atoms with Gasteiger partial charge in [0.1, 0.15) is 11.5 Å². The van der Waals surface area contributed by atoms with Crippen molar-refractivity contribution >= 4 is 28.6 Å². The Bertz CT molecular complexity index is 818. The lowest BCUT2D eigenvalue weighted by molar-refractivity contribution is -0.0000133. The van der Waals surface area contributed by atoms with Crippen LogP contribution >= 0.6 is 11.8 Å². The maximum atomic E-state index is 12.4. The molecule has 0 aliphatic rings. The second-order valence-electron chi connectivity index (χ2n) is 4.84. The number of carbonyl (C=O) groups is 1. The number of ketones is 1. The number of halogens is 1. The van der Waals surface area contributed by atoms with Crippen molar-refractivity contribution in [3.05, 3.63) is 48.0 Å². The first-order chi connectivity index (χ1) is 11.2. The van der Waals surface area contributed by atoms with Gasteiger partial charge in [-0.15, -0.1) is 0 Å². The van der Waals surface area contributed by atoms with Crippen LogP contribution in [0, 0.1) is 0 Å². The number of carbonyl (C=O) groups excluding carboxylic acids is 1. The van der Waals surface area contributed by atoms with Crippen LogP contribution in [0.25, 0.3) is 11.0 Å². The SMILES string of the molecule is COc1ccc(C(=O)CSc2nc3ccccc3[nH]2)c(OC)c1.[Br-]. The molecule has 0 bridgehead atoms. The second kappa shape index (κ2) is 8.21. The van der Waals surface area contributed by atoms with E-state index < -0.39 is 0 Å². The van der Waals surface area contributed by atoms with Gasteiger partial charge < -0.3 is 31.4 Å². The fourth-order valence-electron chi connectivity index (χ4n) is 2.24. The smallest absolute Gasteiger partial charge is 0.176 e. The highest BCUT2D eigenvalue weighted by molar-refractivity contribution is 7.99. The predicted octanol–water partition coefficient (Wildman–Crippen LogP) is 0.559. The molecule has 0 amide bonds. The van der Waals surface area contributed by atoms with Crippen LogP contribution in [0.1, 0.15) is 10.4 Å². The van der Waals surface area contributed by atoms with Gasteiger partial charge >= 0.3 is 0 Å². The third kappa shape index (κ3) is 3.91. The number of imidazole rings is 1. The molecule has 2 aromatic carbocycles. The lowest BCUT2D eigenvalue weighted by atomic mass is 10.1. The van der Waals surface area contributed by atoms with Crippen LogP contribution < -0.4 is 26.5 Å². The average molecular weight is 408 g/mol. The molecule has 0 radical (unpaired) electrons. The summed E-state index contributed by atoms with van der Waals surface area (Å²) in [5, 5.41) is 0.729. The lowest BCUT2D eigenvalue weighted by Gasteiger charge is -2.09. The molecule has 0 spiro atoms. The van der Waals surface area contributed by atoms with E-state index in [1.165, 1.54) is 18.9 Å². The monoisotopic (exact) mass is 407 g/mol. The lowest BCUT2D eigenvalue weighted by Crippen LogP contribution is -3.00. The number of nitrogens with one attached hydrogen (secondary N) is 1. The van der Waals surface area contributed by atoms with Gasteiger partial charge in [-0.1, -0.05) is 23.9 Å². The van der Waals surface area contributed by atoms with E-state index >= 15 is 0 Å². The van der Waals surface area contributed by atoms with E-state index in [1.807, 2.05) is 24.3 Å². The summed E-state index contributed by atoms with van der Waals surface area (Å²) in [6.45, 7) is 0. The van der Waals surface area contributed by atoms with Crippen LogP contribution in [0.4, 0.5) is 0 Å². The van der Waals surface area contributed by atoms with Crippen LogP contribution in [0.2, 0.25) is 0 Å². The van der Waals surface area contributed by atoms with Gasteiger partial charge in [-0.3, -0.25) is 4.79 Å². The first-order valence-electron chi connectivity index (χ1n) is 7.04. The highest BCUT2D eigenvalue weighted by atomic mass is 79.9. The van der Waals surface area contributed by atoms with Crippen LogP contribution in [-0.4, -0.2) is 35.7 Å². The molecular formula is C17H16BrN2O3S-. The van der Waals surface area contributed by atoms with Gasteiger partial charge in [0.2, 0.25) is 0 Å². The van der Waals surface area contributed by atoms with Gasteiger partial charge in [-0.05, 0) is 24.3 Å². The number of rotatable bonds is 6. The van der Waals surface area contributed by atoms with Crippen LogP contribution in [0.15, 0.2) is 47.6 Å². The molecule has 0 saturated carbocycles. The molecule has 1 heterocycles. The molecule has 0 fully saturated rings. The summed E-state index contributed by atoms with van der Waals surface area (Å²) < 4.78 is 10.4. The summed E-state index contributed by atoms with van der Waals surface area (Å²) in [5.41, 5.74) is 2.39. The van der Waals surface area contributed by atoms with Crippen molar-refractivity contribution in [1.29, 1.82) is 0 Å². The Labute approximate surface area is 154 Å². The van der Waals surface area contributed by atoms with E-state index in [0.29, 0.717) is 17.1 Å². The molecule has 0 saturated heterocycles. The molecule has 1 N–H and O–H groups in total. The van der Waals surface area contributed by atoms with E-state index in [2.05, 4.69) is 9.97 Å². The molecule has 0 aliphatic heterocycles. The number of para-hydroxylation sites is 2. The Hall–Kier alpha value is -1.99. The normalized spacial score (nSPS) is 10.2. The van der Waals surface area contributed by atoms with Crippen molar-refractivity contribution in [2.45, 2.75) is 5.16 Å². The minimum atomic E-state index is -0.0186. The largest absolute Gasteiger partial charge is 1.00 e. The standard InChI is InChI=1S/C17H16N2O3S.BrH/c1-21-11-7-8-12(16(9-11)22-2)15(20)10-23-17-18-13-5-3-4-6-14(13)19-17;/h3-9H,10H2,1-2H3,(H,18,19);1H/p-1. The molecule has 0 unspecified atom stereocenters. The number of aromatic amines is 1. The first kappa shape index (κ1) is 18.4. The number of ether oxygens (including phenoxy) is 2. The van der Waals surface area contributed by atoms with Gasteiger partial charge in [0.05, 0.1) is 36.6 Å². The maximum absolute atomic E-state index is 12.4. The molecule has 7 heteroatoms. The molecule has 1 aromatic heterocycles. The first-order valence-corrected chi connectivity index (χ1v) is 8.02. The summed E-state index contributed by atoms with van der Waals surface area (Å²) in [5.74, 6) is 1.43. The maximum Gasteiger partial charge on any atom is 0.176 e. The van der Waals surface area contributed by atoms with Crippen molar-refractivity contribution in [3.8, 4) is 11.5 Å². The number of aromatic nitrogens is 2. The minimum absolute atomic E-state index is 0. The Morgan fingerprint density at radius 3 is 2.67 bits per heavy atom. The summed E-state index contributed by atoms with van der Waals surface area (Å²) in [7, 11) is 3.12. The summed E-state index contributed by atoms with van der Waals surface area (Å²) in [6.07, 6.45) is 0. The number of methoxy groups -OCH3 is 2. The molecule has 3 rings (SSSR count). The minimum Gasteiger partial charge on any atom is -1.00 e. The van der Waals surface area contributed by atoms with Crippen LogP contribution in [0.3, 0.4) is 0 Å². The Kier molecular flexibility index (Phi) is 6.28. The number of benzene rings is 2. The average Bonchev–Trinajstić information content (AvgIpc) is 3.02. The van der Waals surface area contributed by atoms with E-state index in [1.54, 1.807) is 25.3 Å². The van der Waals surface area contributed by atoms with Crippen LogP contribution in [0.5, 0.6) is 11.5 Å². The fourth-order valence-corrected chi connectivity index (χ4v) is 3.01. The zero-order chi connectivity index (χ0) is 16.2. The topological polar surface area (TPSA) is 64.2 Å². The molecular weight excluding hydrogens is 392 g/mol. The highest BCUT2D eigenvalue weighted by Gasteiger charge is 2.14. The zero-order valence-electron chi connectivity index (χ0n) is 13.2. The number of hydrogen-bond donors (Lipinski definition) is 1. The number of hydrogen-bond acceptors (Lipinski definition) is 5. The van der Waals surface area contributed by atoms with Gasteiger partial charge in [-0.25, -0.2) is 4.98 Å². The summed E-state index contributed by atoms with van der Waals surface area (Å²) in [4.78, 5) is 20.1. The van der Waals surface area contributed by atoms with Gasteiger partial charge in [0.15, 0.2) is 10.9 Å². The molecule has 0 atom stereocenters. The zero-order valence-corrected chi connectivity index (χ0v) is 15.6. The van der Waals surface area contributed by atoms with Gasteiger partial charge in [0, 0.05) is 6.07 Å². The third-order valence-corrected chi connectivity index (χ3v) is 4.29. The number of thioether (sulfide) groups is 1. The van der Waals surface area contributed by atoms with Gasteiger partial charge in [-0.2, -0.15) is 0 Å². The van der Waals surface area contributed by atoms with Crippen molar-refractivity contribution < 1.29 is 31.2 Å². The third-order valence-electron chi connectivity index (χ3n) is 3.42. The molecule has 5 nitrogen and oxygen atoms in total. The fraction of sp³-hybridized carbons (Fsp3) is 0.176. The second-order valence-corrected chi connectivity index (χ2v) is 5.80. The number of H-pyrrole nitrogens is 1. The highest BCUT2D eigenvalue weighted by Crippen LogP contribution is 2.27. The predicted molar refractivity (Wildman–Crippen MR) is 90.7 cm³/mol. The van der Waals surface area contributed by atoms with Gasteiger partial charge in [0.25, 0.3) is 0 Å². The molecule has 3 aromatic rings. The van der Waals surface area contributed by atoms with Crippen LogP contribution in [-0.2, 0) is 0 Å². The van der Waals surface area contributed by atoms with E-state index in [9.17, 15) is 4.79 Å². The van der Waals surface area contributed by atoms with E-state index in [-0.39, 0.29) is 28.5 Å². The van der Waals surface area contributed by atoms with Crippen molar-refractivity contribution in [3.63, 3.8) is 0 Å². The Balaban J connectivity index is 0.00000208. The number of nitrogens with zero attached hydrogens (tertiary/aromatic N) is 1. The molecule has 0 aliphatic carbocycles. The Morgan fingerprint density at radius 2 is 1.96 bits per heavy atom. The molecule has 126 valence electrons. The van der Waals surface area contributed by atoms with Crippen molar-refractivity contribution in [2.24, 2.45) is 0 Å². The quantitative estimate of drug-likeness (QED) is 0.477. The number of Topliss-reactive ketones (excluding diaryl/α,β-unsaturated/α-hetero) is 1. The van der Waals surface area contributed by atoms with Crippen molar-refractivity contribution in [2.75, 3.05) is 20.0 Å². The summed E-state index contributed by atoms with van der Waals surface area (Å²) >= 11 is 1.38. The van der Waals surface area contributed by atoms with E-state index in [0.717, 1.165) is 16.2 Å². The molecule has 24 heavy (non-hydrogen) atoms. The van der Waals surface area contributed by atoms with E-state index in [4.69, 9.17) is 9.47 Å². The Morgan fingerprint density at radius 1 is 1.17 bits per heavy atom. The van der Waals surface area contributed by atoms with Crippen molar-refractivity contribution in [1.82, 2.24) is 9.97 Å². The number of fused-ring (bicyclic) bond motifs is 1.